The summed E-state index contributed by atoms with van der Waals surface area (Å²) < 4.78 is 7.14. The normalized spacial score (nSPS) is 12.4. The summed E-state index contributed by atoms with van der Waals surface area (Å²) in [6, 6.07) is 9.24. The van der Waals surface area contributed by atoms with Crippen molar-refractivity contribution in [1.29, 1.82) is 0 Å². The monoisotopic (exact) mass is 430 g/mol. The smallest absolute Gasteiger partial charge is 0.263 e. The molecule has 3 aromatic rings. The number of benzene rings is 1. The summed E-state index contributed by atoms with van der Waals surface area (Å²) in [6.07, 6.45) is 0.720. The fourth-order valence-electron chi connectivity index (χ4n) is 3.11. The molecule has 0 saturated carbocycles. The van der Waals surface area contributed by atoms with E-state index in [-0.39, 0.29) is 16.6 Å². The number of nitrogens with zero attached hydrogens (tertiary/aromatic N) is 2. The number of aromatic nitrogens is 2. The number of carbonyl (C=O) groups is 1. The topological polar surface area (TPSA) is 61.2 Å². The summed E-state index contributed by atoms with van der Waals surface area (Å²) >= 11 is 2.88. The van der Waals surface area contributed by atoms with Gasteiger partial charge in [0.05, 0.1) is 10.6 Å². The minimum Gasteiger partial charge on any atom is -0.382 e. The molecular formula is C22H26N2O3S2. The Morgan fingerprint density at radius 2 is 2.00 bits per heavy atom. The second-order valence-corrected chi connectivity index (χ2v) is 9.37. The number of carbonyl (C=O) groups excluding carboxylic acids is 1. The van der Waals surface area contributed by atoms with Crippen molar-refractivity contribution in [2.75, 3.05) is 13.2 Å². The number of ketones is 1. The lowest BCUT2D eigenvalue weighted by Crippen LogP contribution is -2.25. The number of thioether (sulfide) groups is 1. The van der Waals surface area contributed by atoms with Crippen molar-refractivity contribution < 1.29 is 9.53 Å². The number of aryl methyl sites for hydroxylation is 2. The van der Waals surface area contributed by atoms with E-state index in [2.05, 4.69) is 0 Å². The Balaban J connectivity index is 1.96. The predicted octanol–water partition coefficient (Wildman–Crippen LogP) is 4.86. The quantitative estimate of drug-likeness (QED) is 0.210. The highest BCUT2D eigenvalue weighted by Crippen LogP contribution is 2.30. The van der Waals surface area contributed by atoms with Crippen LogP contribution in [0.15, 0.2) is 40.3 Å². The molecule has 0 radical (unpaired) electrons. The molecule has 2 aromatic heterocycles. The first-order valence-corrected chi connectivity index (χ1v) is 11.5. The lowest BCUT2D eigenvalue weighted by Gasteiger charge is -2.15. The predicted molar refractivity (Wildman–Crippen MR) is 121 cm³/mol. The molecule has 0 unspecified atom stereocenters. The van der Waals surface area contributed by atoms with Gasteiger partial charge in [-0.25, -0.2) is 4.98 Å². The first-order chi connectivity index (χ1) is 13.9. The third-order valence-corrected chi connectivity index (χ3v) is 7.03. The van der Waals surface area contributed by atoms with Gasteiger partial charge in [-0.15, -0.1) is 11.3 Å². The molecule has 0 aliphatic carbocycles. The van der Waals surface area contributed by atoms with Gasteiger partial charge in [-0.2, -0.15) is 0 Å². The van der Waals surface area contributed by atoms with Crippen molar-refractivity contribution >= 4 is 39.1 Å². The van der Waals surface area contributed by atoms with Crippen LogP contribution in [-0.4, -0.2) is 33.8 Å². The Labute approximate surface area is 179 Å². The van der Waals surface area contributed by atoms with Gasteiger partial charge in [0, 0.05) is 30.2 Å². The molecule has 2 heterocycles. The molecule has 29 heavy (non-hydrogen) atoms. The molecular weight excluding hydrogens is 404 g/mol. The van der Waals surface area contributed by atoms with E-state index in [4.69, 9.17) is 9.72 Å². The summed E-state index contributed by atoms with van der Waals surface area (Å²) in [5.41, 5.74) is 1.63. The molecule has 0 saturated heterocycles. The van der Waals surface area contributed by atoms with Crippen molar-refractivity contribution in [3.8, 4) is 0 Å². The van der Waals surface area contributed by atoms with Crippen molar-refractivity contribution in [3.63, 3.8) is 0 Å². The van der Waals surface area contributed by atoms with Crippen LogP contribution in [0.5, 0.6) is 0 Å². The van der Waals surface area contributed by atoms with Crippen molar-refractivity contribution in [2.24, 2.45) is 0 Å². The highest BCUT2D eigenvalue weighted by Gasteiger charge is 2.22. The second kappa shape index (κ2) is 9.69. The number of ether oxygens (including phenoxy) is 1. The third kappa shape index (κ3) is 4.79. The summed E-state index contributed by atoms with van der Waals surface area (Å²) in [7, 11) is 0. The molecule has 1 aromatic carbocycles. The lowest BCUT2D eigenvalue weighted by atomic mass is 10.1. The highest BCUT2D eigenvalue weighted by atomic mass is 32.2. The standard InChI is InChI=1S/C22H26N2O3S2/c1-5-27-13-9-12-24-21(26)18-14(2)15(3)28-20(18)23-22(24)29-16(4)19(25)17-10-7-6-8-11-17/h6-8,10-11,16H,5,9,12-13H2,1-4H3/t16-/m0/s1. The highest BCUT2D eigenvalue weighted by molar-refractivity contribution is 8.00. The first kappa shape index (κ1) is 21.7. The van der Waals surface area contributed by atoms with Gasteiger partial charge in [0.15, 0.2) is 10.9 Å². The Bertz CT molecular complexity index is 1060. The van der Waals surface area contributed by atoms with E-state index in [1.54, 1.807) is 4.57 Å². The number of rotatable bonds is 9. The minimum absolute atomic E-state index is 0.0318. The van der Waals surface area contributed by atoms with Gasteiger partial charge in [-0.1, -0.05) is 42.1 Å². The van der Waals surface area contributed by atoms with E-state index in [9.17, 15) is 9.59 Å². The van der Waals surface area contributed by atoms with Crippen molar-refractivity contribution in [2.45, 2.75) is 51.1 Å². The van der Waals surface area contributed by atoms with E-state index < -0.39 is 0 Å². The average Bonchev–Trinajstić information content (AvgIpc) is 3.00. The molecule has 0 spiro atoms. The van der Waals surface area contributed by atoms with Gasteiger partial charge in [0.25, 0.3) is 5.56 Å². The van der Waals surface area contributed by atoms with Gasteiger partial charge in [0.2, 0.25) is 0 Å². The number of Topliss-reactive ketones (excluding diaryl/α,β-unsaturated/α-hetero) is 1. The van der Waals surface area contributed by atoms with Crippen LogP contribution in [0, 0.1) is 13.8 Å². The van der Waals surface area contributed by atoms with Gasteiger partial charge in [-0.05, 0) is 39.7 Å². The Morgan fingerprint density at radius 1 is 1.28 bits per heavy atom. The van der Waals surface area contributed by atoms with Crippen molar-refractivity contribution in [1.82, 2.24) is 9.55 Å². The molecule has 0 amide bonds. The molecule has 0 aliphatic rings. The number of hydrogen-bond donors (Lipinski definition) is 0. The molecule has 3 rings (SSSR count). The summed E-state index contributed by atoms with van der Waals surface area (Å²) in [5, 5.41) is 0.939. The van der Waals surface area contributed by atoms with E-state index in [1.165, 1.54) is 23.1 Å². The Morgan fingerprint density at radius 3 is 2.69 bits per heavy atom. The molecule has 1 atom stereocenters. The van der Waals surface area contributed by atoms with Gasteiger partial charge in [-0.3, -0.25) is 14.2 Å². The van der Waals surface area contributed by atoms with Crippen LogP contribution >= 0.6 is 23.1 Å². The summed E-state index contributed by atoms with van der Waals surface area (Å²) in [5.74, 6) is 0.0318. The number of fused-ring (bicyclic) bond motifs is 1. The zero-order valence-corrected chi connectivity index (χ0v) is 18.9. The molecule has 0 N–H and O–H groups in total. The van der Waals surface area contributed by atoms with E-state index >= 15 is 0 Å². The van der Waals surface area contributed by atoms with Gasteiger partial charge in [0.1, 0.15) is 4.83 Å². The van der Waals surface area contributed by atoms with Crippen molar-refractivity contribution in [3.05, 3.63) is 56.7 Å². The average molecular weight is 431 g/mol. The molecule has 7 heteroatoms. The zero-order chi connectivity index (χ0) is 21.0. The van der Waals surface area contributed by atoms with E-state index in [0.29, 0.717) is 35.9 Å². The van der Waals surface area contributed by atoms with E-state index in [1.807, 2.05) is 58.0 Å². The maximum Gasteiger partial charge on any atom is 0.263 e. The van der Waals surface area contributed by atoms with Crippen LogP contribution in [0.4, 0.5) is 0 Å². The molecule has 0 fully saturated rings. The lowest BCUT2D eigenvalue weighted by molar-refractivity contribution is 0.0993. The molecule has 0 bridgehead atoms. The van der Waals surface area contributed by atoms with Gasteiger partial charge >= 0.3 is 0 Å². The first-order valence-electron chi connectivity index (χ1n) is 9.78. The van der Waals surface area contributed by atoms with Crippen LogP contribution in [0.25, 0.3) is 10.2 Å². The van der Waals surface area contributed by atoms with Crippen LogP contribution in [0.2, 0.25) is 0 Å². The van der Waals surface area contributed by atoms with Gasteiger partial charge < -0.3 is 4.74 Å². The Hall–Kier alpha value is -1.96. The molecule has 5 nitrogen and oxygen atoms in total. The van der Waals surface area contributed by atoms with Crippen LogP contribution in [0.1, 0.15) is 41.1 Å². The largest absolute Gasteiger partial charge is 0.382 e. The third-order valence-electron chi connectivity index (χ3n) is 4.84. The summed E-state index contributed by atoms with van der Waals surface area (Å²) in [4.78, 5) is 32.7. The number of thiophene rings is 1. The maximum absolute atomic E-state index is 13.3. The molecule has 154 valence electrons. The van der Waals surface area contributed by atoms with E-state index in [0.717, 1.165) is 21.7 Å². The Kier molecular flexibility index (Phi) is 7.27. The minimum atomic E-state index is -0.345. The maximum atomic E-state index is 13.3. The van der Waals surface area contributed by atoms with Crippen LogP contribution < -0.4 is 5.56 Å². The molecule has 0 aliphatic heterocycles. The SMILES string of the molecule is CCOCCCn1c(S[C@@H](C)C(=O)c2ccccc2)nc2sc(C)c(C)c2c1=O. The fraction of sp³-hybridized carbons (Fsp3) is 0.409. The fourth-order valence-corrected chi connectivity index (χ4v) is 5.20. The number of hydrogen-bond acceptors (Lipinski definition) is 6. The second-order valence-electron chi connectivity index (χ2n) is 6.86. The summed E-state index contributed by atoms with van der Waals surface area (Å²) in [6.45, 7) is 9.56. The van der Waals surface area contributed by atoms with Crippen LogP contribution in [-0.2, 0) is 11.3 Å². The zero-order valence-electron chi connectivity index (χ0n) is 17.2. The van der Waals surface area contributed by atoms with Crippen LogP contribution in [0.3, 0.4) is 0 Å².